The van der Waals surface area contributed by atoms with Gasteiger partial charge in [-0.05, 0) is 30.5 Å². The summed E-state index contributed by atoms with van der Waals surface area (Å²) in [6.45, 7) is 0.893. The molecule has 1 fully saturated rings. The first-order valence-corrected chi connectivity index (χ1v) is 10.9. The number of ether oxygens (including phenoxy) is 1. The van der Waals surface area contributed by atoms with Gasteiger partial charge in [0.25, 0.3) is 12.4 Å². The van der Waals surface area contributed by atoms with Gasteiger partial charge in [0.05, 0.1) is 18.4 Å². The lowest BCUT2D eigenvalue weighted by Crippen LogP contribution is -2.46. The van der Waals surface area contributed by atoms with E-state index in [0.717, 1.165) is 11.3 Å². The number of piperidine rings is 1. The molecule has 4 aromatic rings. The monoisotopic (exact) mass is 476 g/mol. The third-order valence-corrected chi connectivity index (χ3v) is 6.26. The Kier molecular flexibility index (Phi) is 6.91. The molecule has 10 heteroatoms. The fourth-order valence-electron chi connectivity index (χ4n) is 4.48. The van der Waals surface area contributed by atoms with Gasteiger partial charge in [0.1, 0.15) is 11.9 Å². The standard InChI is InChI=1S/C24H22N4O4.CH2O2/c1-31-23(30)17-7-11-28-16-20(25-21(28)15-17)24(18-5-3-2-4-6-18)9-12-27(13-10-24)22(29)19-8-14-32-26-19;2-1-3/h2-8,11,14-16H,9-10,12-13H2,1H3;1H,(H,2,3). The number of aromatic nitrogens is 3. The smallest absolute Gasteiger partial charge is 0.338 e. The minimum Gasteiger partial charge on any atom is -0.483 e. The number of esters is 1. The molecular weight excluding hydrogens is 452 g/mol. The van der Waals surface area contributed by atoms with Gasteiger partial charge < -0.3 is 23.7 Å². The van der Waals surface area contributed by atoms with Crippen LogP contribution in [0, 0.1) is 0 Å². The minimum absolute atomic E-state index is 0.127. The number of benzene rings is 1. The SMILES string of the molecule is COC(=O)c1ccn2cc(C3(c4ccccc4)CCN(C(=O)c4ccon4)CC3)nc2c1.O=CO. The number of carbonyl (C=O) groups excluding carboxylic acids is 2. The highest BCUT2D eigenvalue weighted by Crippen LogP contribution is 2.41. The van der Waals surface area contributed by atoms with Gasteiger partial charge in [-0.1, -0.05) is 35.5 Å². The number of hydrogen-bond donors (Lipinski definition) is 1. The van der Waals surface area contributed by atoms with Gasteiger partial charge >= 0.3 is 5.97 Å². The maximum atomic E-state index is 12.8. The summed E-state index contributed by atoms with van der Waals surface area (Å²) in [5.41, 5.74) is 3.18. The second-order valence-corrected chi connectivity index (χ2v) is 8.03. The van der Waals surface area contributed by atoms with Crippen molar-refractivity contribution in [2.24, 2.45) is 0 Å². The number of carbonyl (C=O) groups is 3. The highest BCUT2D eigenvalue weighted by atomic mass is 16.5. The zero-order valence-electron chi connectivity index (χ0n) is 19.0. The van der Waals surface area contributed by atoms with Crippen LogP contribution in [0.2, 0.25) is 0 Å². The summed E-state index contributed by atoms with van der Waals surface area (Å²) >= 11 is 0. The van der Waals surface area contributed by atoms with Crippen molar-refractivity contribution in [1.29, 1.82) is 0 Å². The van der Waals surface area contributed by atoms with E-state index in [1.165, 1.54) is 13.4 Å². The normalized spacial score (nSPS) is 14.6. The molecule has 35 heavy (non-hydrogen) atoms. The molecule has 4 heterocycles. The number of pyridine rings is 1. The summed E-state index contributed by atoms with van der Waals surface area (Å²) < 4.78 is 11.6. The number of fused-ring (bicyclic) bond motifs is 1. The van der Waals surface area contributed by atoms with Crippen LogP contribution >= 0.6 is 0 Å². The molecule has 3 aromatic heterocycles. The van der Waals surface area contributed by atoms with E-state index >= 15 is 0 Å². The second-order valence-electron chi connectivity index (χ2n) is 8.03. The lowest BCUT2D eigenvalue weighted by molar-refractivity contribution is -0.122. The molecule has 0 bridgehead atoms. The number of rotatable bonds is 4. The van der Waals surface area contributed by atoms with E-state index in [1.54, 1.807) is 18.2 Å². The minimum atomic E-state index is -0.394. The number of nitrogens with zero attached hydrogens (tertiary/aromatic N) is 4. The third-order valence-electron chi connectivity index (χ3n) is 6.26. The highest BCUT2D eigenvalue weighted by Gasteiger charge is 2.41. The van der Waals surface area contributed by atoms with E-state index in [2.05, 4.69) is 17.3 Å². The van der Waals surface area contributed by atoms with Crippen LogP contribution in [0.25, 0.3) is 5.65 Å². The van der Waals surface area contributed by atoms with Gasteiger partial charge in [-0.25, -0.2) is 9.78 Å². The first-order chi connectivity index (χ1) is 17.0. The van der Waals surface area contributed by atoms with E-state index < -0.39 is 5.97 Å². The summed E-state index contributed by atoms with van der Waals surface area (Å²) in [5.74, 6) is -0.521. The van der Waals surface area contributed by atoms with Crippen molar-refractivity contribution < 1.29 is 28.8 Å². The van der Waals surface area contributed by atoms with Crippen molar-refractivity contribution in [3.63, 3.8) is 0 Å². The van der Waals surface area contributed by atoms with E-state index in [4.69, 9.17) is 24.1 Å². The summed E-state index contributed by atoms with van der Waals surface area (Å²) in [4.78, 5) is 39.8. The molecule has 1 aliphatic heterocycles. The van der Waals surface area contributed by atoms with E-state index in [1.807, 2.05) is 39.9 Å². The Morgan fingerprint density at radius 3 is 2.49 bits per heavy atom. The van der Waals surface area contributed by atoms with Crippen molar-refractivity contribution in [3.05, 3.63) is 89.7 Å². The zero-order valence-corrected chi connectivity index (χ0v) is 19.0. The van der Waals surface area contributed by atoms with Crippen molar-refractivity contribution in [2.75, 3.05) is 20.2 Å². The molecule has 1 aliphatic rings. The van der Waals surface area contributed by atoms with Crippen LogP contribution in [-0.4, -0.2) is 63.1 Å². The van der Waals surface area contributed by atoms with Gasteiger partial charge in [0.15, 0.2) is 5.69 Å². The molecule has 1 amide bonds. The fraction of sp³-hybridized carbons (Fsp3) is 0.240. The van der Waals surface area contributed by atoms with Crippen LogP contribution in [0.4, 0.5) is 0 Å². The maximum absolute atomic E-state index is 12.8. The molecule has 0 unspecified atom stereocenters. The summed E-state index contributed by atoms with van der Waals surface area (Å²) in [6, 6.07) is 15.3. The summed E-state index contributed by atoms with van der Waals surface area (Å²) in [7, 11) is 1.36. The van der Waals surface area contributed by atoms with Crippen molar-refractivity contribution in [2.45, 2.75) is 18.3 Å². The Bertz CT molecular complexity index is 1310. The quantitative estimate of drug-likeness (QED) is 0.352. The predicted octanol–water partition coefficient (Wildman–Crippen LogP) is 3.03. The second kappa shape index (κ2) is 10.2. The average Bonchev–Trinajstić information content (AvgIpc) is 3.59. The molecule has 0 radical (unpaired) electrons. The molecule has 0 spiro atoms. The van der Waals surface area contributed by atoms with Crippen LogP contribution in [-0.2, 0) is 14.9 Å². The maximum Gasteiger partial charge on any atom is 0.338 e. The number of methoxy groups -OCH3 is 1. The zero-order chi connectivity index (χ0) is 24.8. The molecule has 0 aliphatic carbocycles. The van der Waals surface area contributed by atoms with Crippen LogP contribution in [0.15, 0.2) is 71.7 Å². The summed E-state index contributed by atoms with van der Waals surface area (Å²) in [5, 5.41) is 10.7. The third kappa shape index (κ3) is 4.63. The number of hydrogen-bond acceptors (Lipinski definition) is 7. The fourth-order valence-corrected chi connectivity index (χ4v) is 4.48. The Morgan fingerprint density at radius 1 is 1.14 bits per heavy atom. The van der Waals surface area contributed by atoms with Gasteiger partial charge in [-0.3, -0.25) is 9.59 Å². The molecule has 10 nitrogen and oxygen atoms in total. The molecule has 1 saturated heterocycles. The van der Waals surface area contributed by atoms with Gasteiger partial charge in [-0.15, -0.1) is 0 Å². The molecule has 5 rings (SSSR count). The molecule has 0 saturated carbocycles. The first kappa shape index (κ1) is 23.7. The molecule has 1 aromatic carbocycles. The number of likely N-dealkylation sites (tertiary alicyclic amines) is 1. The highest BCUT2D eigenvalue weighted by molar-refractivity contribution is 5.92. The molecular formula is C25H24N4O6. The average molecular weight is 476 g/mol. The lowest BCUT2D eigenvalue weighted by atomic mass is 9.70. The molecule has 1 N–H and O–H groups in total. The largest absolute Gasteiger partial charge is 0.483 e. The molecule has 0 atom stereocenters. The van der Waals surface area contributed by atoms with Crippen molar-refractivity contribution >= 4 is 24.0 Å². The number of carboxylic acid groups (broad SMARTS) is 1. The van der Waals surface area contributed by atoms with E-state index in [0.29, 0.717) is 42.8 Å². The Balaban J connectivity index is 0.000000917. The van der Waals surface area contributed by atoms with Crippen molar-refractivity contribution in [1.82, 2.24) is 19.4 Å². The molecule has 180 valence electrons. The van der Waals surface area contributed by atoms with Crippen molar-refractivity contribution in [3.8, 4) is 0 Å². The Labute approximate surface area is 200 Å². The lowest BCUT2D eigenvalue weighted by Gasteiger charge is -2.41. The topological polar surface area (TPSA) is 127 Å². The van der Waals surface area contributed by atoms with Crippen LogP contribution in [0.3, 0.4) is 0 Å². The van der Waals surface area contributed by atoms with Crippen LogP contribution in [0.5, 0.6) is 0 Å². The Morgan fingerprint density at radius 2 is 1.86 bits per heavy atom. The Hall–Kier alpha value is -4.47. The number of imidazole rings is 1. The first-order valence-electron chi connectivity index (χ1n) is 10.9. The van der Waals surface area contributed by atoms with Crippen LogP contribution < -0.4 is 0 Å². The number of amides is 1. The van der Waals surface area contributed by atoms with E-state index in [-0.39, 0.29) is 17.8 Å². The van der Waals surface area contributed by atoms with Gasteiger partial charge in [0.2, 0.25) is 0 Å². The van der Waals surface area contributed by atoms with Gasteiger partial charge in [0, 0.05) is 37.0 Å². The van der Waals surface area contributed by atoms with E-state index in [9.17, 15) is 9.59 Å². The predicted molar refractivity (Wildman–Crippen MR) is 124 cm³/mol. The van der Waals surface area contributed by atoms with Crippen LogP contribution in [0.1, 0.15) is 44.9 Å². The summed E-state index contributed by atoms with van der Waals surface area (Å²) in [6.07, 6.45) is 6.67. The van der Waals surface area contributed by atoms with Gasteiger partial charge in [-0.2, -0.15) is 0 Å².